The topological polar surface area (TPSA) is 173 Å². The SMILES string of the molecule is COc1cc2sc(C(=O)CCC(=O)O)cc2cc1OCCCOc1cc2c([nH]c1=O)CN(C(=O)CCC(=O)O)C2. The molecule has 0 aliphatic carbocycles. The van der Waals surface area contributed by atoms with Gasteiger partial charge in [-0.3, -0.25) is 24.0 Å². The molecule has 13 heteroatoms. The Morgan fingerprint density at radius 3 is 2.30 bits per heavy atom. The van der Waals surface area contributed by atoms with E-state index in [0.29, 0.717) is 28.5 Å². The van der Waals surface area contributed by atoms with Gasteiger partial charge in [-0.2, -0.15) is 0 Å². The number of H-pyrrole nitrogens is 1. The Kier molecular flexibility index (Phi) is 9.04. The Morgan fingerprint density at radius 2 is 1.60 bits per heavy atom. The molecule has 0 saturated heterocycles. The van der Waals surface area contributed by atoms with Gasteiger partial charge in [0.25, 0.3) is 5.56 Å². The maximum atomic E-state index is 12.4. The number of aromatic nitrogens is 1. The zero-order chi connectivity index (χ0) is 28.8. The fraction of sp³-hybridized carbons (Fsp3) is 0.370. The van der Waals surface area contributed by atoms with Crippen LogP contribution in [-0.2, 0) is 27.5 Å². The van der Waals surface area contributed by atoms with Crippen molar-refractivity contribution in [2.45, 2.75) is 45.2 Å². The quantitative estimate of drug-likeness (QED) is 0.192. The predicted molar refractivity (Wildman–Crippen MR) is 143 cm³/mol. The van der Waals surface area contributed by atoms with Crippen molar-refractivity contribution in [3.8, 4) is 17.2 Å². The molecule has 4 rings (SSSR count). The van der Waals surface area contributed by atoms with Crippen molar-refractivity contribution >= 4 is 45.1 Å². The van der Waals surface area contributed by atoms with Crippen molar-refractivity contribution in [2.24, 2.45) is 0 Å². The molecule has 1 aromatic carbocycles. The van der Waals surface area contributed by atoms with E-state index < -0.39 is 17.5 Å². The van der Waals surface area contributed by atoms with Crippen LogP contribution in [0.3, 0.4) is 0 Å². The standard InChI is InChI=1S/C27H28N2O10S/c1-37-19-12-22-15(11-23(40-22)18(30)3-5-25(32)33)9-20(19)38-7-2-8-39-21-10-16-13-29(14-17(16)28-27(21)36)24(31)4-6-26(34)35/h9-12H,2-8,13-14H2,1H3,(H,28,36)(H,32,33)(H,34,35). The summed E-state index contributed by atoms with van der Waals surface area (Å²) in [5.74, 6) is -1.52. The van der Waals surface area contributed by atoms with Crippen molar-refractivity contribution < 1.29 is 43.6 Å². The second-order valence-electron chi connectivity index (χ2n) is 9.13. The van der Waals surface area contributed by atoms with Crippen molar-refractivity contribution in [1.29, 1.82) is 0 Å². The number of pyridine rings is 1. The van der Waals surface area contributed by atoms with Crippen molar-refractivity contribution in [3.63, 3.8) is 0 Å². The number of nitrogens with one attached hydrogen (secondary N) is 1. The molecule has 0 fully saturated rings. The summed E-state index contributed by atoms with van der Waals surface area (Å²) in [5, 5.41) is 18.4. The third kappa shape index (κ3) is 6.97. The molecule has 3 N–H and O–H groups in total. The molecule has 0 spiro atoms. The second-order valence-corrected chi connectivity index (χ2v) is 10.2. The molecular weight excluding hydrogens is 544 g/mol. The first kappa shape index (κ1) is 28.6. The van der Waals surface area contributed by atoms with Crippen LogP contribution < -0.4 is 19.8 Å². The van der Waals surface area contributed by atoms with Gasteiger partial charge < -0.3 is 34.3 Å². The normalized spacial score (nSPS) is 12.3. The van der Waals surface area contributed by atoms with E-state index in [4.69, 9.17) is 24.4 Å². The molecule has 3 heterocycles. The van der Waals surface area contributed by atoms with Gasteiger partial charge in [-0.1, -0.05) is 0 Å². The van der Waals surface area contributed by atoms with Crippen LogP contribution in [0.25, 0.3) is 10.1 Å². The van der Waals surface area contributed by atoms with Gasteiger partial charge >= 0.3 is 11.9 Å². The summed E-state index contributed by atoms with van der Waals surface area (Å²) in [6.07, 6.45) is -0.204. The van der Waals surface area contributed by atoms with Gasteiger partial charge in [-0.15, -0.1) is 11.3 Å². The number of amides is 1. The molecular formula is C27H28N2O10S. The average Bonchev–Trinajstić information content (AvgIpc) is 3.53. The first-order valence-electron chi connectivity index (χ1n) is 12.5. The molecule has 40 heavy (non-hydrogen) atoms. The molecule has 0 radical (unpaired) electrons. The number of benzene rings is 1. The lowest BCUT2D eigenvalue weighted by molar-refractivity contribution is -0.141. The summed E-state index contributed by atoms with van der Waals surface area (Å²) in [7, 11) is 1.50. The third-order valence-corrected chi connectivity index (χ3v) is 7.38. The highest BCUT2D eigenvalue weighted by molar-refractivity contribution is 7.20. The molecule has 212 valence electrons. The molecule has 0 bridgehead atoms. The Morgan fingerprint density at radius 1 is 0.900 bits per heavy atom. The number of ether oxygens (including phenoxy) is 3. The highest BCUT2D eigenvalue weighted by Crippen LogP contribution is 2.37. The minimum atomic E-state index is -1.04. The number of aromatic amines is 1. The van der Waals surface area contributed by atoms with Crippen LogP contribution in [0.4, 0.5) is 0 Å². The molecule has 1 amide bonds. The number of carbonyl (C=O) groups excluding carboxylic acids is 2. The van der Waals surface area contributed by atoms with Crippen LogP contribution in [0.15, 0.2) is 29.1 Å². The van der Waals surface area contributed by atoms with E-state index in [9.17, 15) is 24.0 Å². The van der Waals surface area contributed by atoms with Crippen LogP contribution in [-0.4, -0.2) is 64.0 Å². The summed E-state index contributed by atoms with van der Waals surface area (Å²) >= 11 is 1.26. The number of rotatable bonds is 14. The number of carbonyl (C=O) groups is 4. The van der Waals surface area contributed by atoms with E-state index in [1.54, 1.807) is 24.3 Å². The first-order valence-corrected chi connectivity index (χ1v) is 13.3. The van der Waals surface area contributed by atoms with Crippen LogP contribution >= 0.6 is 11.3 Å². The van der Waals surface area contributed by atoms with Crippen LogP contribution in [0.1, 0.15) is 53.0 Å². The number of nitrogens with zero attached hydrogens (tertiary/aromatic N) is 1. The number of hydrogen-bond donors (Lipinski definition) is 3. The Balaban J connectivity index is 1.31. The van der Waals surface area contributed by atoms with Gasteiger partial charge in [0.1, 0.15) is 0 Å². The largest absolute Gasteiger partial charge is 0.493 e. The summed E-state index contributed by atoms with van der Waals surface area (Å²) in [6.45, 7) is 0.923. The fourth-order valence-corrected chi connectivity index (χ4v) is 5.24. The van der Waals surface area contributed by atoms with Gasteiger partial charge in [-0.05, 0) is 29.1 Å². The van der Waals surface area contributed by atoms with E-state index >= 15 is 0 Å². The van der Waals surface area contributed by atoms with Gasteiger partial charge in [-0.25, -0.2) is 0 Å². The van der Waals surface area contributed by atoms with Crippen molar-refractivity contribution in [1.82, 2.24) is 9.88 Å². The predicted octanol–water partition coefficient (Wildman–Crippen LogP) is 3.20. The second kappa shape index (κ2) is 12.6. The lowest BCUT2D eigenvalue weighted by atomic mass is 10.1. The summed E-state index contributed by atoms with van der Waals surface area (Å²) in [4.78, 5) is 63.1. The van der Waals surface area contributed by atoms with E-state index in [2.05, 4.69) is 4.98 Å². The zero-order valence-electron chi connectivity index (χ0n) is 21.7. The number of fused-ring (bicyclic) bond motifs is 2. The molecule has 3 aromatic rings. The smallest absolute Gasteiger partial charge is 0.303 e. The molecule has 0 saturated carbocycles. The summed E-state index contributed by atoms with van der Waals surface area (Å²) < 4.78 is 17.8. The Bertz CT molecular complexity index is 1510. The number of carboxylic acid groups (broad SMARTS) is 2. The number of aliphatic carboxylic acids is 2. The lowest BCUT2D eigenvalue weighted by Gasteiger charge is -2.14. The van der Waals surface area contributed by atoms with E-state index in [1.165, 1.54) is 23.3 Å². The Hall–Kier alpha value is -4.39. The number of carboxylic acids is 2. The number of Topliss-reactive ketones (excluding diaryl/α,β-unsaturated/α-hetero) is 1. The zero-order valence-corrected chi connectivity index (χ0v) is 22.5. The van der Waals surface area contributed by atoms with Crippen LogP contribution in [0, 0.1) is 0 Å². The maximum Gasteiger partial charge on any atom is 0.303 e. The number of methoxy groups -OCH3 is 1. The minimum absolute atomic E-state index is 0.0706. The van der Waals surface area contributed by atoms with E-state index in [-0.39, 0.29) is 69.4 Å². The van der Waals surface area contributed by atoms with Crippen LogP contribution in [0.2, 0.25) is 0 Å². The van der Waals surface area contributed by atoms with Crippen LogP contribution in [0.5, 0.6) is 17.2 Å². The van der Waals surface area contributed by atoms with Crippen molar-refractivity contribution in [3.05, 3.63) is 50.8 Å². The average molecular weight is 573 g/mol. The Labute approximate surface area is 232 Å². The van der Waals surface area contributed by atoms with Gasteiger partial charge in [0.2, 0.25) is 5.91 Å². The van der Waals surface area contributed by atoms with Gasteiger partial charge in [0.05, 0.1) is 44.6 Å². The number of thiophene rings is 1. The molecule has 1 aliphatic heterocycles. The molecule has 12 nitrogen and oxygen atoms in total. The molecule has 0 atom stereocenters. The van der Waals surface area contributed by atoms with Gasteiger partial charge in [0, 0.05) is 42.3 Å². The van der Waals surface area contributed by atoms with Gasteiger partial charge in [0.15, 0.2) is 23.0 Å². The first-order chi connectivity index (χ1) is 19.1. The summed E-state index contributed by atoms with van der Waals surface area (Å²) in [5.41, 5.74) is 0.925. The lowest BCUT2D eigenvalue weighted by Crippen LogP contribution is -2.25. The highest BCUT2D eigenvalue weighted by atomic mass is 32.1. The minimum Gasteiger partial charge on any atom is -0.493 e. The maximum absolute atomic E-state index is 12.4. The monoisotopic (exact) mass is 572 g/mol. The van der Waals surface area contributed by atoms with Crippen molar-refractivity contribution in [2.75, 3.05) is 20.3 Å². The third-order valence-electron chi connectivity index (χ3n) is 6.24. The molecule has 1 aliphatic rings. The van der Waals surface area contributed by atoms with E-state index in [1.807, 2.05) is 0 Å². The number of hydrogen-bond acceptors (Lipinski definition) is 9. The molecule has 2 aromatic heterocycles. The fourth-order valence-electron chi connectivity index (χ4n) is 4.20. The molecule has 0 unspecified atom stereocenters. The number of ketones is 1. The summed E-state index contributed by atoms with van der Waals surface area (Å²) in [6, 6.07) is 6.83. The van der Waals surface area contributed by atoms with E-state index in [0.717, 1.165) is 15.6 Å². The highest BCUT2D eigenvalue weighted by Gasteiger charge is 2.25.